The molecule has 6 heteroatoms. The van der Waals surface area contributed by atoms with E-state index in [2.05, 4.69) is 24.5 Å². The molecule has 2 N–H and O–H groups in total. The number of aliphatic hydroxyl groups is 1. The van der Waals surface area contributed by atoms with Gasteiger partial charge in [-0.1, -0.05) is 32.3 Å². The van der Waals surface area contributed by atoms with Gasteiger partial charge in [0.05, 0.1) is 23.9 Å². The zero-order chi connectivity index (χ0) is 18.6. The lowest BCUT2D eigenvalue weighted by atomic mass is 9.73. The number of nitrogens with zero attached hydrogens (tertiary/aromatic N) is 1. The van der Waals surface area contributed by atoms with Crippen LogP contribution in [0.15, 0.2) is 16.5 Å². The van der Waals surface area contributed by atoms with Crippen molar-refractivity contribution in [1.29, 1.82) is 0 Å². The Balaban J connectivity index is 2.15. The summed E-state index contributed by atoms with van der Waals surface area (Å²) in [6, 6.07) is -0.266. The van der Waals surface area contributed by atoms with Crippen LogP contribution in [0.3, 0.4) is 0 Å². The molecule has 3 unspecified atom stereocenters. The van der Waals surface area contributed by atoms with E-state index in [0.717, 1.165) is 18.6 Å². The Hall–Kier alpha value is -1.40. The van der Waals surface area contributed by atoms with Crippen molar-refractivity contribution in [2.75, 3.05) is 6.61 Å². The Morgan fingerprint density at radius 1 is 1.40 bits per heavy atom. The van der Waals surface area contributed by atoms with Gasteiger partial charge in [0.1, 0.15) is 11.4 Å². The van der Waals surface area contributed by atoms with Gasteiger partial charge in [-0.25, -0.2) is 0 Å². The predicted octanol–water partition coefficient (Wildman–Crippen LogP) is 3.68. The van der Waals surface area contributed by atoms with Crippen molar-refractivity contribution in [3.8, 4) is 0 Å². The first kappa shape index (κ1) is 19.9. The number of oxime groups is 1. The number of aliphatic hydroxyl groups excluding tert-OH is 1. The molecule has 0 radical (unpaired) electrons. The predicted molar refractivity (Wildman–Crippen MR) is 97.2 cm³/mol. The molecule has 0 fully saturated rings. The van der Waals surface area contributed by atoms with E-state index in [4.69, 9.17) is 9.68 Å². The number of hydroxylamine groups is 1. The van der Waals surface area contributed by atoms with E-state index in [1.165, 1.54) is 0 Å². The molecule has 0 saturated carbocycles. The van der Waals surface area contributed by atoms with Crippen LogP contribution in [0.2, 0.25) is 0 Å². The lowest BCUT2D eigenvalue weighted by Gasteiger charge is -2.35. The molecule has 0 aromatic heterocycles. The average Bonchev–Trinajstić information content (AvgIpc) is 2.96. The summed E-state index contributed by atoms with van der Waals surface area (Å²) in [5.74, 6) is 0.389. The van der Waals surface area contributed by atoms with Crippen molar-refractivity contribution in [2.45, 2.75) is 78.4 Å². The summed E-state index contributed by atoms with van der Waals surface area (Å²) in [7, 11) is 0. The van der Waals surface area contributed by atoms with Crippen molar-refractivity contribution >= 4 is 11.5 Å². The summed E-state index contributed by atoms with van der Waals surface area (Å²) in [4.78, 5) is 23.8. The van der Waals surface area contributed by atoms with Crippen molar-refractivity contribution in [3.63, 3.8) is 0 Å². The molecule has 0 amide bonds. The van der Waals surface area contributed by atoms with Crippen molar-refractivity contribution in [2.24, 2.45) is 17.0 Å². The normalized spacial score (nSPS) is 28.3. The van der Waals surface area contributed by atoms with Crippen LogP contribution in [0.1, 0.15) is 66.7 Å². The average molecular weight is 352 g/mol. The van der Waals surface area contributed by atoms with Crippen LogP contribution in [0.5, 0.6) is 0 Å². The fraction of sp³-hybridized carbons (Fsp3) is 0.789. The van der Waals surface area contributed by atoms with E-state index >= 15 is 0 Å². The van der Waals surface area contributed by atoms with E-state index in [9.17, 15) is 9.90 Å². The first-order chi connectivity index (χ1) is 11.8. The topological polar surface area (TPSA) is 80.2 Å². The Labute approximate surface area is 150 Å². The standard InChI is InChI=1S/C19H32N2O4/c1-6-8-14(20-24-7-2)18-16(22)9-13(10-17(18)23)19(5)11-15(12(3)4)21-25-19/h12-14,20,22H,6-11H2,1-5H3. The minimum Gasteiger partial charge on any atom is -0.512 e. The number of Topliss-reactive ketones (excluding diaryl/α,β-unsaturated/α-hetero) is 1. The van der Waals surface area contributed by atoms with Gasteiger partial charge in [0.25, 0.3) is 0 Å². The van der Waals surface area contributed by atoms with Crippen LogP contribution in [0.4, 0.5) is 0 Å². The largest absolute Gasteiger partial charge is 0.512 e. The molecule has 1 aliphatic heterocycles. The summed E-state index contributed by atoms with van der Waals surface area (Å²) in [6.07, 6.45) is 3.15. The Morgan fingerprint density at radius 2 is 2.12 bits per heavy atom. The molecule has 2 rings (SSSR count). The second-order valence-corrected chi connectivity index (χ2v) is 7.60. The lowest BCUT2D eigenvalue weighted by molar-refractivity contribution is -0.123. The first-order valence-electron chi connectivity index (χ1n) is 9.39. The zero-order valence-electron chi connectivity index (χ0n) is 16.1. The number of nitrogens with one attached hydrogen (secondary N) is 1. The van der Waals surface area contributed by atoms with Gasteiger partial charge in [-0.3, -0.25) is 4.79 Å². The van der Waals surface area contributed by atoms with Gasteiger partial charge in [-0.15, -0.1) is 0 Å². The summed E-state index contributed by atoms with van der Waals surface area (Å²) in [6.45, 7) is 10.6. The molecule has 25 heavy (non-hydrogen) atoms. The highest BCUT2D eigenvalue weighted by Crippen LogP contribution is 2.42. The summed E-state index contributed by atoms with van der Waals surface area (Å²) < 4.78 is 0. The fourth-order valence-corrected chi connectivity index (χ4v) is 3.59. The molecule has 0 aromatic rings. The van der Waals surface area contributed by atoms with Crippen molar-refractivity contribution in [1.82, 2.24) is 5.48 Å². The van der Waals surface area contributed by atoms with Crippen LogP contribution in [-0.2, 0) is 14.5 Å². The molecular formula is C19H32N2O4. The second-order valence-electron chi connectivity index (χ2n) is 7.60. The summed E-state index contributed by atoms with van der Waals surface area (Å²) in [5, 5.41) is 14.8. The molecule has 6 nitrogen and oxygen atoms in total. The molecule has 0 bridgehead atoms. The second kappa shape index (κ2) is 8.32. The maximum absolute atomic E-state index is 12.8. The number of allylic oxidation sites excluding steroid dienone is 1. The van der Waals surface area contributed by atoms with Crippen LogP contribution in [0.25, 0.3) is 0 Å². The van der Waals surface area contributed by atoms with Gasteiger partial charge < -0.3 is 14.8 Å². The highest BCUT2D eigenvalue weighted by molar-refractivity contribution is 5.98. The van der Waals surface area contributed by atoms with E-state index in [-0.39, 0.29) is 23.5 Å². The monoisotopic (exact) mass is 352 g/mol. The summed E-state index contributed by atoms with van der Waals surface area (Å²) in [5.41, 5.74) is 3.89. The number of carbonyl (C=O) groups excluding carboxylic acids is 1. The smallest absolute Gasteiger partial charge is 0.164 e. The van der Waals surface area contributed by atoms with Crippen LogP contribution >= 0.6 is 0 Å². The molecule has 3 atom stereocenters. The highest BCUT2D eigenvalue weighted by atomic mass is 16.7. The number of ketones is 1. The first-order valence-corrected chi connectivity index (χ1v) is 9.39. The van der Waals surface area contributed by atoms with E-state index in [1.807, 2.05) is 20.8 Å². The quantitative estimate of drug-likeness (QED) is 0.651. The van der Waals surface area contributed by atoms with Gasteiger partial charge >= 0.3 is 0 Å². The van der Waals surface area contributed by atoms with Crippen LogP contribution in [0, 0.1) is 11.8 Å². The van der Waals surface area contributed by atoms with Gasteiger partial charge in [0.15, 0.2) is 5.78 Å². The van der Waals surface area contributed by atoms with E-state index in [0.29, 0.717) is 37.4 Å². The van der Waals surface area contributed by atoms with Gasteiger partial charge in [-0.2, -0.15) is 5.48 Å². The van der Waals surface area contributed by atoms with Gasteiger partial charge in [-0.05, 0) is 26.2 Å². The number of hydrogen-bond donors (Lipinski definition) is 2. The molecule has 0 saturated heterocycles. The third-order valence-electron chi connectivity index (χ3n) is 5.21. The Morgan fingerprint density at radius 3 is 2.64 bits per heavy atom. The molecule has 0 spiro atoms. The maximum Gasteiger partial charge on any atom is 0.164 e. The summed E-state index contributed by atoms with van der Waals surface area (Å²) >= 11 is 0. The molecular weight excluding hydrogens is 320 g/mol. The van der Waals surface area contributed by atoms with Gasteiger partial charge in [0, 0.05) is 25.2 Å². The molecule has 0 aromatic carbocycles. The third kappa shape index (κ3) is 4.42. The highest BCUT2D eigenvalue weighted by Gasteiger charge is 2.46. The lowest BCUT2D eigenvalue weighted by Crippen LogP contribution is -2.43. The zero-order valence-corrected chi connectivity index (χ0v) is 16.1. The molecule has 142 valence electrons. The Kier molecular flexibility index (Phi) is 6.63. The Bertz CT molecular complexity index is 556. The van der Waals surface area contributed by atoms with Crippen LogP contribution in [-0.4, -0.2) is 34.9 Å². The third-order valence-corrected chi connectivity index (χ3v) is 5.21. The van der Waals surface area contributed by atoms with Crippen LogP contribution < -0.4 is 5.48 Å². The fourth-order valence-electron chi connectivity index (χ4n) is 3.59. The van der Waals surface area contributed by atoms with Crippen molar-refractivity contribution < 1.29 is 19.6 Å². The molecule has 2 aliphatic rings. The van der Waals surface area contributed by atoms with Gasteiger partial charge in [0.2, 0.25) is 0 Å². The van der Waals surface area contributed by atoms with Crippen molar-refractivity contribution in [3.05, 3.63) is 11.3 Å². The number of carbonyl (C=O) groups is 1. The number of rotatable bonds is 8. The number of hydrogen-bond acceptors (Lipinski definition) is 6. The molecule has 1 heterocycles. The minimum absolute atomic E-state index is 0.0257. The molecule has 1 aliphatic carbocycles. The van der Waals surface area contributed by atoms with E-state index < -0.39 is 5.60 Å². The SMILES string of the molecule is CCCC(NOCC)C1=C(O)CC(C2(C)CC(C(C)C)=NO2)CC1=O. The maximum atomic E-state index is 12.8. The minimum atomic E-state index is -0.525. The van der Waals surface area contributed by atoms with E-state index in [1.54, 1.807) is 0 Å².